The molecule has 4 N–H and O–H groups in total. The highest BCUT2D eigenvalue weighted by Gasteiger charge is 2.14. The number of thiophene rings is 1. The van der Waals surface area contributed by atoms with E-state index in [0.29, 0.717) is 20.8 Å². The van der Waals surface area contributed by atoms with E-state index in [1.807, 2.05) is 0 Å². The van der Waals surface area contributed by atoms with Crippen LogP contribution >= 0.6 is 27.3 Å². The summed E-state index contributed by atoms with van der Waals surface area (Å²) in [5.41, 5.74) is 0.763. The molecule has 146 valence electrons. The minimum atomic E-state index is -3.76. The fourth-order valence-electron chi connectivity index (χ4n) is 2.24. The molecule has 0 radical (unpaired) electrons. The van der Waals surface area contributed by atoms with Crippen LogP contribution in [0.15, 0.2) is 61.8 Å². The van der Waals surface area contributed by atoms with E-state index in [2.05, 4.69) is 26.6 Å². The van der Waals surface area contributed by atoms with E-state index >= 15 is 0 Å². The number of nitrogens with one attached hydrogen (secondary N) is 2. The Hall–Kier alpha value is -2.47. The lowest BCUT2D eigenvalue weighted by molar-refractivity contribution is 0.0949. The molecule has 0 aliphatic rings. The van der Waals surface area contributed by atoms with E-state index in [4.69, 9.17) is 9.56 Å². The molecule has 0 aliphatic carbocycles. The van der Waals surface area contributed by atoms with Crippen molar-refractivity contribution in [3.8, 4) is 0 Å². The van der Waals surface area contributed by atoms with Gasteiger partial charge >= 0.3 is 0 Å². The molecule has 0 saturated heterocycles. The van der Waals surface area contributed by atoms with Crippen molar-refractivity contribution in [2.45, 2.75) is 10.8 Å². The monoisotopic (exact) mass is 483 g/mol. The first-order valence-electron chi connectivity index (χ1n) is 7.79. The van der Waals surface area contributed by atoms with Gasteiger partial charge in [0.25, 0.3) is 11.8 Å². The Labute approximate surface area is 172 Å². The molecule has 0 aliphatic heterocycles. The fourth-order valence-corrected chi connectivity index (χ4v) is 4.27. The first-order chi connectivity index (χ1) is 13.2. The maximum atomic E-state index is 12.3. The number of rotatable bonds is 6. The van der Waals surface area contributed by atoms with Gasteiger partial charge in [0.05, 0.1) is 6.54 Å². The molecule has 0 bridgehead atoms. The number of halogens is 1. The third-order valence-corrected chi connectivity index (χ3v) is 6.47. The minimum absolute atomic E-state index is 0.0334. The average molecular weight is 484 g/mol. The van der Waals surface area contributed by atoms with Gasteiger partial charge in [-0.05, 0) is 58.4 Å². The van der Waals surface area contributed by atoms with Crippen LogP contribution in [-0.2, 0) is 16.6 Å². The van der Waals surface area contributed by atoms with E-state index in [1.165, 1.54) is 18.2 Å². The van der Waals surface area contributed by atoms with Crippen molar-refractivity contribution in [3.05, 3.63) is 69.4 Å². The molecule has 1 aromatic carbocycles. The Kier molecular flexibility index (Phi) is 5.98. The summed E-state index contributed by atoms with van der Waals surface area (Å²) in [6.07, 6.45) is 0. The molecule has 3 rings (SSSR count). The summed E-state index contributed by atoms with van der Waals surface area (Å²) >= 11 is 4.12. The van der Waals surface area contributed by atoms with Gasteiger partial charge in [0.1, 0.15) is 4.21 Å². The van der Waals surface area contributed by atoms with Gasteiger partial charge in [0.2, 0.25) is 10.0 Å². The normalized spacial score (nSPS) is 11.2. The van der Waals surface area contributed by atoms with Gasteiger partial charge in [-0.3, -0.25) is 9.59 Å². The molecule has 0 unspecified atom stereocenters. The molecule has 3 aromatic rings. The van der Waals surface area contributed by atoms with E-state index in [1.54, 1.807) is 30.3 Å². The summed E-state index contributed by atoms with van der Waals surface area (Å²) in [7, 11) is -3.76. The van der Waals surface area contributed by atoms with Gasteiger partial charge in [-0.1, -0.05) is 6.07 Å². The summed E-state index contributed by atoms with van der Waals surface area (Å²) in [5, 5.41) is 10.4. The van der Waals surface area contributed by atoms with Crippen molar-refractivity contribution in [1.29, 1.82) is 0 Å². The van der Waals surface area contributed by atoms with Gasteiger partial charge in [-0.15, -0.1) is 11.3 Å². The number of benzene rings is 1. The Morgan fingerprint density at radius 1 is 1.11 bits per heavy atom. The topological polar surface area (TPSA) is 132 Å². The second kappa shape index (κ2) is 8.27. The van der Waals surface area contributed by atoms with Crippen LogP contribution in [0, 0.1) is 0 Å². The van der Waals surface area contributed by atoms with Crippen LogP contribution in [0.3, 0.4) is 0 Å². The molecule has 2 aromatic heterocycles. The number of hydrogen-bond donors (Lipinski definition) is 3. The van der Waals surface area contributed by atoms with Crippen molar-refractivity contribution in [2.75, 3.05) is 5.32 Å². The summed E-state index contributed by atoms with van der Waals surface area (Å²) in [5.74, 6) is -0.690. The molecule has 0 saturated carbocycles. The number of amides is 2. The lowest BCUT2D eigenvalue weighted by Gasteiger charge is -2.07. The predicted octanol–water partition coefficient (Wildman–Crippen LogP) is 2.93. The summed E-state index contributed by atoms with van der Waals surface area (Å²) < 4.78 is 28.2. The number of carbonyl (C=O) groups is 2. The number of carbonyl (C=O) groups excluding carboxylic acids is 2. The zero-order valence-corrected chi connectivity index (χ0v) is 17.4. The zero-order valence-electron chi connectivity index (χ0n) is 14.1. The third kappa shape index (κ3) is 5.07. The van der Waals surface area contributed by atoms with Crippen molar-refractivity contribution >= 4 is 54.8 Å². The van der Waals surface area contributed by atoms with Gasteiger partial charge < -0.3 is 15.1 Å². The molecule has 28 heavy (non-hydrogen) atoms. The first kappa shape index (κ1) is 20.3. The number of anilines is 1. The van der Waals surface area contributed by atoms with Gasteiger partial charge in [0.15, 0.2) is 10.4 Å². The molecule has 8 nitrogen and oxygen atoms in total. The second-order valence-corrected chi connectivity index (χ2v) is 9.33. The first-order valence-corrected chi connectivity index (χ1v) is 10.9. The number of sulfonamides is 1. The van der Waals surface area contributed by atoms with Crippen molar-refractivity contribution in [3.63, 3.8) is 0 Å². The average Bonchev–Trinajstić information content (AvgIpc) is 3.28. The molecule has 0 fully saturated rings. The van der Waals surface area contributed by atoms with Crippen LogP contribution < -0.4 is 15.8 Å². The molecular formula is C17H14BrN3O5S2. The Morgan fingerprint density at radius 2 is 1.89 bits per heavy atom. The highest BCUT2D eigenvalue weighted by molar-refractivity contribution is 9.10. The number of hydrogen-bond acceptors (Lipinski definition) is 6. The molecule has 2 heterocycles. The highest BCUT2D eigenvalue weighted by Crippen LogP contribution is 2.20. The molecule has 0 atom stereocenters. The molecule has 2 amide bonds. The van der Waals surface area contributed by atoms with Crippen LogP contribution in [0.1, 0.15) is 25.8 Å². The SMILES string of the molecule is NS(=O)(=O)c1ccc(CNC(=O)c2cccc(NC(=O)c3ccc(Br)o3)c2)s1. The number of furan rings is 1. The quantitative estimate of drug-likeness (QED) is 0.495. The lowest BCUT2D eigenvalue weighted by atomic mass is 10.2. The fraction of sp³-hybridized carbons (Fsp3) is 0.0588. The number of nitrogens with two attached hydrogens (primary N) is 1. The van der Waals surface area contributed by atoms with Crippen LogP contribution in [-0.4, -0.2) is 20.2 Å². The molecule has 0 spiro atoms. The van der Waals surface area contributed by atoms with Crippen molar-refractivity contribution < 1.29 is 22.4 Å². The summed E-state index contributed by atoms with van der Waals surface area (Å²) in [4.78, 5) is 25.1. The lowest BCUT2D eigenvalue weighted by Crippen LogP contribution is -2.22. The standard InChI is InChI=1S/C17H14BrN3O5S2/c18-14-6-5-13(26-14)17(23)21-11-3-1-2-10(8-11)16(22)20-9-12-4-7-15(27-12)28(19,24)25/h1-8H,9H2,(H,20,22)(H,21,23)(H2,19,24,25). The summed E-state index contributed by atoms with van der Waals surface area (Å²) in [6.45, 7) is 0.149. The van der Waals surface area contributed by atoms with Crippen LogP contribution in [0.2, 0.25) is 0 Å². The molecule has 11 heteroatoms. The third-order valence-electron chi connectivity index (χ3n) is 3.52. The Balaban J connectivity index is 1.63. The van der Waals surface area contributed by atoms with E-state index < -0.39 is 15.9 Å². The van der Waals surface area contributed by atoms with E-state index in [9.17, 15) is 18.0 Å². The van der Waals surface area contributed by atoms with Crippen LogP contribution in [0.4, 0.5) is 5.69 Å². The minimum Gasteiger partial charge on any atom is -0.444 e. The summed E-state index contributed by atoms with van der Waals surface area (Å²) in [6, 6.07) is 12.5. The number of primary sulfonamides is 1. The second-order valence-electron chi connectivity index (χ2n) is 5.59. The van der Waals surface area contributed by atoms with E-state index in [0.717, 1.165) is 11.3 Å². The van der Waals surface area contributed by atoms with Gasteiger partial charge in [-0.25, -0.2) is 13.6 Å². The predicted molar refractivity (Wildman–Crippen MR) is 108 cm³/mol. The van der Waals surface area contributed by atoms with Crippen LogP contribution in [0.5, 0.6) is 0 Å². The molecular weight excluding hydrogens is 470 g/mol. The maximum absolute atomic E-state index is 12.3. The van der Waals surface area contributed by atoms with E-state index in [-0.39, 0.29) is 22.4 Å². The largest absolute Gasteiger partial charge is 0.444 e. The van der Waals surface area contributed by atoms with Crippen LogP contribution in [0.25, 0.3) is 0 Å². The van der Waals surface area contributed by atoms with Gasteiger partial charge in [-0.2, -0.15) is 0 Å². The zero-order chi connectivity index (χ0) is 20.3. The van der Waals surface area contributed by atoms with Crippen molar-refractivity contribution in [2.24, 2.45) is 5.14 Å². The highest BCUT2D eigenvalue weighted by atomic mass is 79.9. The van der Waals surface area contributed by atoms with Gasteiger partial charge in [0, 0.05) is 16.1 Å². The van der Waals surface area contributed by atoms with Crippen molar-refractivity contribution in [1.82, 2.24) is 5.32 Å². The smallest absolute Gasteiger partial charge is 0.291 e. The Bertz CT molecular complexity index is 1140. The Morgan fingerprint density at radius 3 is 2.54 bits per heavy atom. The maximum Gasteiger partial charge on any atom is 0.291 e.